The molecule has 1 aliphatic heterocycles. The third-order valence-corrected chi connectivity index (χ3v) is 6.95. The van der Waals surface area contributed by atoms with E-state index in [0.717, 1.165) is 66.4 Å². The van der Waals surface area contributed by atoms with E-state index in [0.29, 0.717) is 0 Å². The second-order valence-electron chi connectivity index (χ2n) is 9.26. The summed E-state index contributed by atoms with van der Waals surface area (Å²) in [5.74, 6) is 2.67. The molecule has 2 heterocycles. The van der Waals surface area contributed by atoms with Gasteiger partial charge in [0.25, 0.3) is 0 Å². The molecule has 5 rings (SSSR count). The fourth-order valence-electron chi connectivity index (χ4n) is 4.58. The molecule has 0 saturated heterocycles. The van der Waals surface area contributed by atoms with Crippen molar-refractivity contribution in [1.29, 1.82) is 0 Å². The van der Waals surface area contributed by atoms with Crippen molar-refractivity contribution in [2.24, 2.45) is 0 Å². The number of hydrogen-bond donors (Lipinski definition) is 0. The third-order valence-electron chi connectivity index (χ3n) is 6.46. The van der Waals surface area contributed by atoms with Crippen molar-refractivity contribution in [1.82, 2.24) is 14.5 Å². The highest BCUT2D eigenvalue weighted by atomic mass is 79.9. The highest BCUT2D eigenvalue weighted by Crippen LogP contribution is 2.33. The van der Waals surface area contributed by atoms with E-state index in [1.165, 1.54) is 16.8 Å². The normalized spacial score (nSPS) is 12.6. The largest absolute Gasteiger partial charge is 0.454 e. The third kappa shape index (κ3) is 6.51. The molecule has 0 saturated carbocycles. The van der Waals surface area contributed by atoms with Crippen LogP contribution in [0.1, 0.15) is 36.6 Å². The predicted octanol–water partition coefficient (Wildman–Crippen LogP) is 7.56. The molecule has 0 unspecified atom stereocenters. The van der Waals surface area contributed by atoms with Crippen molar-refractivity contribution in [3.8, 4) is 22.9 Å². The van der Waals surface area contributed by atoms with Gasteiger partial charge in [0.1, 0.15) is 5.82 Å². The number of aromatic nitrogens is 2. The Kier molecular flexibility index (Phi) is 8.39. The lowest BCUT2D eigenvalue weighted by Crippen LogP contribution is -2.24. The van der Waals surface area contributed by atoms with E-state index < -0.39 is 0 Å². The second kappa shape index (κ2) is 12.3. The van der Waals surface area contributed by atoms with Crippen molar-refractivity contribution in [2.75, 3.05) is 13.3 Å². The number of imidazole rings is 1. The van der Waals surface area contributed by atoms with E-state index >= 15 is 0 Å². The van der Waals surface area contributed by atoms with E-state index in [2.05, 4.69) is 105 Å². The lowest BCUT2D eigenvalue weighted by Gasteiger charge is -2.22. The summed E-state index contributed by atoms with van der Waals surface area (Å²) in [5, 5.41) is 0. The fraction of sp³-hybridized carbons (Fsp3) is 0.258. The van der Waals surface area contributed by atoms with Crippen molar-refractivity contribution in [3.05, 3.63) is 106 Å². The van der Waals surface area contributed by atoms with Crippen LogP contribution >= 0.6 is 15.9 Å². The number of halogens is 1. The summed E-state index contributed by atoms with van der Waals surface area (Å²) in [5.41, 5.74) is 4.75. The van der Waals surface area contributed by atoms with Gasteiger partial charge in [0, 0.05) is 36.2 Å². The minimum atomic E-state index is 0.288. The molecule has 4 aromatic rings. The molecule has 37 heavy (non-hydrogen) atoms. The van der Waals surface area contributed by atoms with Crippen LogP contribution in [0.2, 0.25) is 0 Å². The Morgan fingerprint density at radius 2 is 1.84 bits per heavy atom. The molecule has 0 aliphatic carbocycles. The second-order valence-corrected chi connectivity index (χ2v) is 10.2. The zero-order chi connectivity index (χ0) is 25.5. The SMILES string of the molecule is CCCCn1c(CN(CC=Cc2cccc(Br)c2)Cc2ccc3c(c2)OCO3)cnc1-c1ccccc1. The Bertz CT molecular complexity index is 1350. The number of fused-ring (bicyclic) bond motifs is 1. The maximum atomic E-state index is 5.63. The molecular weight excluding hydrogens is 526 g/mol. The van der Waals surface area contributed by atoms with Crippen molar-refractivity contribution in [3.63, 3.8) is 0 Å². The summed E-state index contributed by atoms with van der Waals surface area (Å²) in [6.07, 6.45) is 8.72. The van der Waals surface area contributed by atoms with Crippen LogP contribution in [0.3, 0.4) is 0 Å². The number of ether oxygens (including phenoxy) is 2. The number of unbranched alkanes of at least 4 members (excludes halogenated alkanes) is 1. The van der Waals surface area contributed by atoms with Gasteiger partial charge in [-0.3, -0.25) is 4.90 Å². The number of benzene rings is 3. The first-order valence-electron chi connectivity index (χ1n) is 12.8. The average molecular weight is 559 g/mol. The fourth-order valence-corrected chi connectivity index (χ4v) is 5.00. The Balaban J connectivity index is 1.41. The summed E-state index contributed by atoms with van der Waals surface area (Å²) in [4.78, 5) is 7.31. The quantitative estimate of drug-likeness (QED) is 0.191. The van der Waals surface area contributed by atoms with Crippen LogP contribution in [0.5, 0.6) is 11.5 Å². The molecule has 190 valence electrons. The molecule has 0 spiro atoms. The van der Waals surface area contributed by atoms with Gasteiger partial charge in [0.2, 0.25) is 6.79 Å². The van der Waals surface area contributed by atoms with Crippen LogP contribution in [0.15, 0.2) is 89.5 Å². The van der Waals surface area contributed by atoms with Crippen molar-refractivity contribution < 1.29 is 9.47 Å². The molecule has 1 aromatic heterocycles. The van der Waals surface area contributed by atoms with Crippen LogP contribution in [0.25, 0.3) is 17.5 Å². The van der Waals surface area contributed by atoms with Gasteiger partial charge in [-0.25, -0.2) is 4.98 Å². The maximum absolute atomic E-state index is 5.63. The number of rotatable bonds is 11. The van der Waals surface area contributed by atoms with E-state index in [1.54, 1.807) is 0 Å². The molecule has 3 aromatic carbocycles. The van der Waals surface area contributed by atoms with Gasteiger partial charge in [-0.15, -0.1) is 0 Å². The van der Waals surface area contributed by atoms with Gasteiger partial charge < -0.3 is 14.0 Å². The van der Waals surface area contributed by atoms with Gasteiger partial charge in [-0.05, 0) is 41.8 Å². The minimum absolute atomic E-state index is 0.288. The molecule has 0 atom stereocenters. The summed E-state index contributed by atoms with van der Waals surface area (Å²) in [6, 6.07) is 25.1. The topological polar surface area (TPSA) is 39.5 Å². The van der Waals surface area contributed by atoms with Crippen molar-refractivity contribution >= 4 is 22.0 Å². The van der Waals surface area contributed by atoms with E-state index in [9.17, 15) is 0 Å². The lowest BCUT2D eigenvalue weighted by atomic mass is 10.1. The molecule has 1 aliphatic rings. The van der Waals surface area contributed by atoms with Gasteiger partial charge >= 0.3 is 0 Å². The number of nitrogens with zero attached hydrogens (tertiary/aromatic N) is 3. The van der Waals surface area contributed by atoms with E-state index in [1.807, 2.05) is 18.3 Å². The van der Waals surface area contributed by atoms with Crippen molar-refractivity contribution in [2.45, 2.75) is 39.4 Å². The summed E-state index contributed by atoms with van der Waals surface area (Å²) in [7, 11) is 0. The predicted molar refractivity (Wildman–Crippen MR) is 152 cm³/mol. The molecule has 0 radical (unpaired) electrons. The van der Waals surface area contributed by atoms with Crippen LogP contribution in [-0.4, -0.2) is 27.8 Å². The zero-order valence-corrected chi connectivity index (χ0v) is 22.7. The van der Waals surface area contributed by atoms with Crippen LogP contribution in [0, 0.1) is 0 Å². The highest BCUT2D eigenvalue weighted by molar-refractivity contribution is 9.10. The van der Waals surface area contributed by atoms with Gasteiger partial charge in [0.15, 0.2) is 11.5 Å². The smallest absolute Gasteiger partial charge is 0.231 e. The average Bonchev–Trinajstić information content (AvgIpc) is 3.54. The van der Waals surface area contributed by atoms with Crippen LogP contribution in [0.4, 0.5) is 0 Å². The number of hydrogen-bond acceptors (Lipinski definition) is 4. The zero-order valence-electron chi connectivity index (χ0n) is 21.1. The monoisotopic (exact) mass is 557 g/mol. The molecular formula is C31H32BrN3O2. The van der Waals surface area contributed by atoms with E-state index in [-0.39, 0.29) is 6.79 Å². The molecule has 0 fully saturated rings. The standard InChI is InChI=1S/C31H32BrN3O2/c1-2-3-17-35-28(20-33-31(35)26-11-5-4-6-12-26)22-34(16-8-10-24-9-7-13-27(32)18-24)21-25-14-15-29-30(19-25)37-23-36-29/h4-15,18-20H,2-3,16-17,21-23H2,1H3. The lowest BCUT2D eigenvalue weighted by molar-refractivity contribution is 0.174. The van der Waals surface area contributed by atoms with Gasteiger partial charge in [-0.2, -0.15) is 0 Å². The first-order valence-corrected chi connectivity index (χ1v) is 13.6. The first-order chi connectivity index (χ1) is 18.2. The molecule has 6 heteroatoms. The molecule has 0 amide bonds. The highest BCUT2D eigenvalue weighted by Gasteiger charge is 2.17. The summed E-state index contributed by atoms with van der Waals surface area (Å²) in [6.45, 7) is 5.87. The Morgan fingerprint density at radius 3 is 2.68 bits per heavy atom. The van der Waals surface area contributed by atoms with Gasteiger partial charge in [0.05, 0.1) is 11.9 Å². The Labute approximate surface area is 227 Å². The Hall–Kier alpha value is -3.35. The summed E-state index contributed by atoms with van der Waals surface area (Å²) >= 11 is 3.57. The van der Waals surface area contributed by atoms with E-state index in [4.69, 9.17) is 14.5 Å². The van der Waals surface area contributed by atoms with Crippen LogP contribution < -0.4 is 9.47 Å². The summed E-state index contributed by atoms with van der Waals surface area (Å²) < 4.78 is 14.6. The first kappa shape index (κ1) is 25.3. The molecule has 0 N–H and O–H groups in total. The molecule has 5 nitrogen and oxygen atoms in total. The Morgan fingerprint density at radius 1 is 0.973 bits per heavy atom. The van der Waals surface area contributed by atoms with Crippen LogP contribution in [-0.2, 0) is 19.6 Å². The maximum Gasteiger partial charge on any atom is 0.231 e. The minimum Gasteiger partial charge on any atom is -0.454 e. The van der Waals surface area contributed by atoms with Gasteiger partial charge in [-0.1, -0.05) is 90.0 Å². The molecule has 0 bridgehead atoms.